The van der Waals surface area contributed by atoms with Gasteiger partial charge in [0.05, 0.1) is 80.1 Å². The Morgan fingerprint density at radius 3 is 2.02 bits per heavy atom. The third-order valence-electron chi connectivity index (χ3n) is 8.00. The number of carboxylic acids is 2. The van der Waals surface area contributed by atoms with Crippen LogP contribution in [0.1, 0.15) is 66.0 Å². The van der Waals surface area contributed by atoms with E-state index in [2.05, 4.69) is 15.0 Å². The lowest BCUT2D eigenvalue weighted by molar-refractivity contribution is -0.143. The number of aromatic nitrogens is 3. The first kappa shape index (κ1) is 43.1. The maximum Gasteiger partial charge on any atom is 0.416 e. The van der Waals surface area contributed by atoms with Crippen LogP contribution in [0.4, 0.5) is 36.8 Å². The minimum absolute atomic E-state index is 0.0172. The van der Waals surface area contributed by atoms with E-state index in [4.69, 9.17) is 30.2 Å². The normalized spacial score (nSPS) is 16.9. The third kappa shape index (κ3) is 11.1. The van der Waals surface area contributed by atoms with Gasteiger partial charge in [-0.2, -0.15) is 26.3 Å². The first-order chi connectivity index (χ1) is 25.2. The van der Waals surface area contributed by atoms with Gasteiger partial charge >= 0.3 is 30.4 Å². The highest BCUT2D eigenvalue weighted by Crippen LogP contribution is 2.44. The van der Waals surface area contributed by atoms with Gasteiger partial charge in [0, 0.05) is 18.9 Å². The minimum atomic E-state index is -5.06. The van der Waals surface area contributed by atoms with Crippen LogP contribution in [0.5, 0.6) is 11.6 Å². The molecule has 2 unspecified atom stereocenters. The van der Waals surface area contributed by atoms with E-state index < -0.39 is 66.1 Å². The summed E-state index contributed by atoms with van der Waals surface area (Å²) in [6.45, 7) is 1.07. The van der Waals surface area contributed by atoms with Crippen LogP contribution in [0.25, 0.3) is 0 Å². The zero-order valence-electron chi connectivity index (χ0n) is 28.8. The van der Waals surface area contributed by atoms with Crippen molar-refractivity contribution in [2.24, 2.45) is 5.73 Å². The van der Waals surface area contributed by atoms with Crippen molar-refractivity contribution in [1.82, 2.24) is 15.0 Å². The van der Waals surface area contributed by atoms with Gasteiger partial charge in [0.25, 0.3) is 0 Å². The van der Waals surface area contributed by atoms with Crippen molar-refractivity contribution in [3.05, 3.63) is 70.4 Å². The van der Waals surface area contributed by atoms with Gasteiger partial charge in [-0.25, -0.2) is 19.7 Å². The average Bonchev–Trinajstić information content (AvgIpc) is 3.09. The van der Waals surface area contributed by atoms with E-state index in [0.717, 1.165) is 11.1 Å². The van der Waals surface area contributed by atoms with Crippen LogP contribution in [0.2, 0.25) is 0 Å². The molecule has 0 saturated heterocycles. The number of fused-ring (bicyclic) bond motifs is 1. The van der Waals surface area contributed by atoms with Crippen molar-refractivity contribution in [3.63, 3.8) is 0 Å². The molecule has 296 valence electrons. The Kier molecular flexibility index (Phi) is 14.5. The van der Waals surface area contributed by atoms with Crippen molar-refractivity contribution < 1.29 is 75.4 Å². The number of rotatable bonds is 14. The molecule has 1 aliphatic heterocycles. The van der Waals surface area contributed by atoms with Crippen molar-refractivity contribution in [1.29, 1.82) is 0 Å². The predicted octanol–water partition coefficient (Wildman–Crippen LogP) is 4.72. The maximum atomic E-state index is 13.5. The summed E-state index contributed by atoms with van der Waals surface area (Å²) in [5.74, 6) is -2.79. The predicted molar refractivity (Wildman–Crippen MR) is 174 cm³/mol. The number of aliphatic carboxylic acids is 2. The maximum absolute atomic E-state index is 13.5. The SMILES string of the molecule is CCC1(N)C(c2ncc(OCCO)c(Cc3cc(C(F)(F)F)cc(C(F)(F)F)c3)n2)Cc2nc(OC)ccc2N1C(=O)O.O=C(O)CCOCCC(=O)O. The smallest absolute Gasteiger partial charge is 0.416 e. The van der Waals surface area contributed by atoms with Crippen molar-refractivity contribution in [2.45, 2.75) is 63.0 Å². The molecule has 0 radical (unpaired) electrons. The molecule has 54 heavy (non-hydrogen) atoms. The molecule has 2 aromatic heterocycles. The number of methoxy groups -OCH3 is 1. The molecule has 6 N–H and O–H groups in total. The summed E-state index contributed by atoms with van der Waals surface area (Å²) in [7, 11) is 1.38. The summed E-state index contributed by atoms with van der Waals surface area (Å²) >= 11 is 0. The molecule has 0 bridgehead atoms. The second-order valence-corrected chi connectivity index (χ2v) is 11.6. The monoisotopic (exact) mass is 777 g/mol. The molecular weight excluding hydrogens is 740 g/mol. The number of alkyl halides is 6. The first-order valence-electron chi connectivity index (χ1n) is 16.0. The number of ether oxygens (including phenoxy) is 3. The Bertz CT molecular complexity index is 1750. The Balaban J connectivity index is 0.000000618. The van der Waals surface area contributed by atoms with Crippen molar-refractivity contribution in [2.75, 3.05) is 38.4 Å². The van der Waals surface area contributed by atoms with Gasteiger partial charge in [-0.1, -0.05) is 6.92 Å². The number of aliphatic hydroxyl groups excluding tert-OH is 1. The highest BCUT2D eigenvalue weighted by atomic mass is 19.4. The Morgan fingerprint density at radius 2 is 1.54 bits per heavy atom. The quantitative estimate of drug-likeness (QED) is 0.110. The fourth-order valence-corrected chi connectivity index (χ4v) is 5.42. The van der Waals surface area contributed by atoms with E-state index in [-0.39, 0.29) is 86.0 Å². The van der Waals surface area contributed by atoms with E-state index >= 15 is 0 Å². The third-order valence-corrected chi connectivity index (χ3v) is 8.00. The first-order valence-corrected chi connectivity index (χ1v) is 16.0. The van der Waals surface area contributed by atoms with Crippen LogP contribution in [-0.4, -0.2) is 92.6 Å². The minimum Gasteiger partial charge on any atom is -0.488 e. The lowest BCUT2D eigenvalue weighted by atomic mass is 9.80. The number of hydrogen-bond donors (Lipinski definition) is 5. The van der Waals surface area contributed by atoms with E-state index in [1.807, 2.05) is 0 Å². The van der Waals surface area contributed by atoms with Gasteiger partial charge in [0.1, 0.15) is 18.1 Å². The summed E-state index contributed by atoms with van der Waals surface area (Å²) < 4.78 is 96.3. The molecule has 3 aromatic rings. The fourth-order valence-electron chi connectivity index (χ4n) is 5.42. The molecule has 0 aliphatic carbocycles. The van der Waals surface area contributed by atoms with Gasteiger partial charge in [0.15, 0.2) is 5.75 Å². The zero-order chi connectivity index (χ0) is 40.4. The molecule has 0 saturated carbocycles. The van der Waals surface area contributed by atoms with E-state index in [1.54, 1.807) is 6.92 Å². The number of nitrogens with two attached hydrogens (primary N) is 1. The van der Waals surface area contributed by atoms with E-state index in [0.29, 0.717) is 17.8 Å². The summed E-state index contributed by atoms with van der Waals surface area (Å²) in [5.41, 5.74) is 2.11. The van der Waals surface area contributed by atoms with Gasteiger partial charge < -0.3 is 40.4 Å². The van der Waals surface area contributed by atoms with Gasteiger partial charge in [0.2, 0.25) is 5.88 Å². The average molecular weight is 778 g/mol. The van der Waals surface area contributed by atoms with Crippen LogP contribution in [0, 0.1) is 0 Å². The number of amides is 1. The van der Waals surface area contributed by atoms with Crippen molar-refractivity contribution >= 4 is 23.7 Å². The summed E-state index contributed by atoms with van der Waals surface area (Å²) in [6.07, 6.45) is -11.0. The number of carbonyl (C=O) groups is 3. The lowest BCUT2D eigenvalue weighted by Gasteiger charge is -2.47. The molecule has 21 heteroatoms. The number of halogens is 6. The lowest BCUT2D eigenvalue weighted by Crippen LogP contribution is -2.64. The van der Waals surface area contributed by atoms with Gasteiger partial charge in [-0.05, 0) is 36.2 Å². The van der Waals surface area contributed by atoms with Crippen LogP contribution in [0.15, 0.2) is 36.5 Å². The Labute approximate surface area is 303 Å². The fraction of sp³-hybridized carbons (Fsp3) is 0.455. The van der Waals surface area contributed by atoms with E-state index in [9.17, 15) is 50.9 Å². The van der Waals surface area contributed by atoms with Crippen LogP contribution >= 0.6 is 0 Å². The number of aliphatic hydroxyl groups is 1. The number of nitrogens with zero attached hydrogens (tertiary/aromatic N) is 4. The van der Waals surface area contributed by atoms with Gasteiger partial charge in [-0.3, -0.25) is 14.5 Å². The molecule has 1 aliphatic rings. The topological polar surface area (TPSA) is 228 Å². The number of benzene rings is 1. The molecule has 0 fully saturated rings. The second-order valence-electron chi connectivity index (χ2n) is 11.6. The molecule has 1 aromatic carbocycles. The number of pyridine rings is 1. The second kappa shape index (κ2) is 18.2. The molecule has 1 amide bonds. The Hall–Kier alpha value is -5.28. The molecule has 4 rings (SSSR count). The summed E-state index contributed by atoms with van der Waals surface area (Å²) in [5, 5.41) is 35.6. The largest absolute Gasteiger partial charge is 0.488 e. The molecule has 15 nitrogen and oxygen atoms in total. The zero-order valence-corrected chi connectivity index (χ0v) is 28.8. The highest BCUT2D eigenvalue weighted by Gasteiger charge is 2.50. The van der Waals surface area contributed by atoms with Crippen LogP contribution in [0.3, 0.4) is 0 Å². The summed E-state index contributed by atoms with van der Waals surface area (Å²) in [6, 6.07) is 4.13. The Morgan fingerprint density at radius 1 is 0.944 bits per heavy atom. The number of carboxylic acid groups (broad SMARTS) is 3. The molecule has 3 heterocycles. The molecule has 2 atom stereocenters. The standard InChI is InChI=1S/C27H27F6N5O5.C6H10O5/c1-3-25(34)17(12-18-20(38(25)24(40)41)4-5-22(36-18)42-2)23-35-13-21(43-7-6-39)19(37-23)10-14-8-15(26(28,29)30)11-16(9-14)27(31,32)33;7-5(8)1-3-11-4-2-6(9)10/h4-5,8-9,11,13,17,39H,3,6-7,10,12,34H2,1-2H3,(H,40,41);1-4H2,(H,7,8)(H,9,10). The van der Waals surface area contributed by atoms with Crippen molar-refractivity contribution in [3.8, 4) is 11.6 Å². The molecular formula is C33H37F6N5O10. The highest BCUT2D eigenvalue weighted by molar-refractivity contribution is 5.89. The van der Waals surface area contributed by atoms with Crippen LogP contribution < -0.4 is 20.1 Å². The number of hydrogen-bond acceptors (Lipinski definition) is 11. The molecule has 0 spiro atoms. The van der Waals surface area contributed by atoms with E-state index in [1.165, 1.54) is 19.2 Å². The summed E-state index contributed by atoms with van der Waals surface area (Å²) in [4.78, 5) is 46.3. The van der Waals surface area contributed by atoms with Crippen LogP contribution in [-0.2, 0) is 39.5 Å². The number of anilines is 1. The van der Waals surface area contributed by atoms with Gasteiger partial charge in [-0.15, -0.1) is 0 Å².